The fraction of sp³-hybridized carbons (Fsp3) is 0.269. The minimum absolute atomic E-state index is 0.241. The van der Waals surface area contributed by atoms with Crippen LogP contribution in [0.4, 0.5) is 0 Å². The Hall–Kier alpha value is -2.71. The number of Topliss-reactive ketones (excluding diaryl/α,β-unsaturated/α-hetero) is 1. The molecular weight excluding hydrogens is 342 g/mol. The Morgan fingerprint density at radius 3 is 1.64 bits per heavy atom. The van der Waals surface area contributed by atoms with Gasteiger partial charge in [0.2, 0.25) is 0 Å². The molecule has 3 aromatic carbocycles. The van der Waals surface area contributed by atoms with Crippen molar-refractivity contribution in [3.63, 3.8) is 0 Å². The largest absolute Gasteiger partial charge is 0.307 e. The van der Waals surface area contributed by atoms with E-state index in [1.807, 2.05) is 66.7 Å². The third-order valence-electron chi connectivity index (χ3n) is 5.70. The fourth-order valence-corrected chi connectivity index (χ4v) is 3.84. The molecule has 0 aliphatic heterocycles. The van der Waals surface area contributed by atoms with Gasteiger partial charge in [-0.15, -0.1) is 0 Å². The molecular formula is C26H29NO. The molecule has 0 aliphatic rings. The number of rotatable bonds is 8. The highest BCUT2D eigenvalue weighted by molar-refractivity contribution is 5.95. The lowest BCUT2D eigenvalue weighted by Crippen LogP contribution is -2.44. The van der Waals surface area contributed by atoms with Gasteiger partial charge in [-0.25, -0.2) is 0 Å². The van der Waals surface area contributed by atoms with E-state index in [2.05, 4.69) is 50.2 Å². The SMILES string of the molecule is C[C@H](CC(C(=O)Cc1ccccc1)(c1ccccc1)c1ccccc1)N(C)C. The first-order chi connectivity index (χ1) is 13.5. The highest BCUT2D eigenvalue weighted by Gasteiger charge is 2.42. The molecule has 0 saturated heterocycles. The molecule has 0 saturated carbocycles. The van der Waals surface area contributed by atoms with Gasteiger partial charge in [-0.2, -0.15) is 0 Å². The second-order valence-corrected chi connectivity index (χ2v) is 7.74. The maximum Gasteiger partial charge on any atom is 0.152 e. The van der Waals surface area contributed by atoms with Crippen LogP contribution in [0.5, 0.6) is 0 Å². The summed E-state index contributed by atoms with van der Waals surface area (Å²) < 4.78 is 0. The van der Waals surface area contributed by atoms with E-state index in [1.54, 1.807) is 0 Å². The molecule has 0 heterocycles. The Kier molecular flexibility index (Phi) is 6.43. The van der Waals surface area contributed by atoms with Crippen LogP contribution in [-0.4, -0.2) is 30.8 Å². The predicted octanol–water partition coefficient (Wildman–Crippen LogP) is 5.12. The van der Waals surface area contributed by atoms with Crippen LogP contribution >= 0.6 is 0 Å². The minimum atomic E-state index is -0.679. The van der Waals surface area contributed by atoms with Gasteiger partial charge in [-0.1, -0.05) is 91.0 Å². The molecule has 1 atom stereocenters. The first-order valence-corrected chi connectivity index (χ1v) is 9.89. The van der Waals surface area contributed by atoms with Crippen molar-refractivity contribution in [1.29, 1.82) is 0 Å². The Labute approximate surface area is 168 Å². The fourth-order valence-electron chi connectivity index (χ4n) is 3.84. The summed E-state index contributed by atoms with van der Waals surface area (Å²) in [5, 5.41) is 0. The molecule has 28 heavy (non-hydrogen) atoms. The average molecular weight is 372 g/mol. The summed E-state index contributed by atoms with van der Waals surface area (Å²) >= 11 is 0. The van der Waals surface area contributed by atoms with Crippen LogP contribution in [0.15, 0.2) is 91.0 Å². The van der Waals surface area contributed by atoms with Gasteiger partial charge in [0.25, 0.3) is 0 Å². The van der Waals surface area contributed by atoms with Crippen molar-refractivity contribution in [2.24, 2.45) is 0 Å². The van der Waals surface area contributed by atoms with Gasteiger partial charge in [0.1, 0.15) is 0 Å². The molecule has 144 valence electrons. The molecule has 2 nitrogen and oxygen atoms in total. The smallest absolute Gasteiger partial charge is 0.152 e. The molecule has 0 aliphatic carbocycles. The van der Waals surface area contributed by atoms with Gasteiger partial charge in [0, 0.05) is 12.5 Å². The first-order valence-electron chi connectivity index (χ1n) is 9.89. The summed E-state index contributed by atoms with van der Waals surface area (Å²) in [6.45, 7) is 2.19. The Balaban J connectivity index is 2.16. The van der Waals surface area contributed by atoms with E-state index in [-0.39, 0.29) is 11.8 Å². The van der Waals surface area contributed by atoms with E-state index in [9.17, 15) is 4.79 Å². The standard InChI is InChI=1S/C26H29NO/c1-21(27(2)3)20-26(23-15-9-5-10-16-23,24-17-11-6-12-18-24)25(28)19-22-13-7-4-8-14-22/h4-18,21H,19-20H2,1-3H3/t21-/m1/s1. The van der Waals surface area contributed by atoms with Crippen molar-refractivity contribution in [2.75, 3.05) is 14.1 Å². The van der Waals surface area contributed by atoms with Crippen molar-refractivity contribution in [1.82, 2.24) is 4.90 Å². The predicted molar refractivity (Wildman–Crippen MR) is 117 cm³/mol. The molecule has 0 radical (unpaired) electrons. The molecule has 0 bridgehead atoms. The topological polar surface area (TPSA) is 20.3 Å². The molecule has 2 heteroatoms. The van der Waals surface area contributed by atoms with E-state index in [4.69, 9.17) is 0 Å². The van der Waals surface area contributed by atoms with Crippen molar-refractivity contribution in [3.8, 4) is 0 Å². The molecule has 0 amide bonds. The van der Waals surface area contributed by atoms with E-state index in [1.165, 1.54) is 0 Å². The van der Waals surface area contributed by atoms with Gasteiger partial charge < -0.3 is 4.90 Å². The second-order valence-electron chi connectivity index (χ2n) is 7.74. The Morgan fingerprint density at radius 2 is 1.21 bits per heavy atom. The normalized spacial score (nSPS) is 12.7. The molecule has 0 N–H and O–H groups in total. The molecule has 0 fully saturated rings. The zero-order valence-corrected chi connectivity index (χ0v) is 17.0. The monoisotopic (exact) mass is 371 g/mol. The lowest BCUT2D eigenvalue weighted by molar-refractivity contribution is -0.123. The number of nitrogens with zero attached hydrogens (tertiary/aromatic N) is 1. The maximum atomic E-state index is 14.0. The highest BCUT2D eigenvalue weighted by atomic mass is 16.1. The number of hydrogen-bond acceptors (Lipinski definition) is 2. The zero-order valence-electron chi connectivity index (χ0n) is 17.0. The number of benzene rings is 3. The third-order valence-corrected chi connectivity index (χ3v) is 5.70. The van der Waals surface area contributed by atoms with E-state index >= 15 is 0 Å². The van der Waals surface area contributed by atoms with Crippen LogP contribution < -0.4 is 0 Å². The lowest BCUT2D eigenvalue weighted by atomic mass is 9.66. The highest BCUT2D eigenvalue weighted by Crippen LogP contribution is 2.39. The number of ketones is 1. The van der Waals surface area contributed by atoms with Gasteiger partial charge in [0.05, 0.1) is 5.41 Å². The summed E-state index contributed by atoms with van der Waals surface area (Å²) in [5.74, 6) is 0.241. The number of carbonyl (C=O) groups excluding carboxylic acids is 1. The Bertz CT molecular complexity index is 833. The summed E-state index contributed by atoms with van der Waals surface area (Å²) in [7, 11) is 4.15. The summed E-state index contributed by atoms with van der Waals surface area (Å²) in [5.41, 5.74) is 2.51. The molecule has 0 unspecified atom stereocenters. The minimum Gasteiger partial charge on any atom is -0.307 e. The van der Waals surface area contributed by atoms with Crippen LogP contribution in [0.3, 0.4) is 0 Å². The molecule has 0 aromatic heterocycles. The third kappa shape index (κ3) is 4.23. The van der Waals surface area contributed by atoms with Gasteiger partial charge in [-0.05, 0) is 44.1 Å². The van der Waals surface area contributed by atoms with Crippen LogP contribution in [0.1, 0.15) is 30.0 Å². The molecule has 0 spiro atoms. The molecule has 3 aromatic rings. The number of carbonyl (C=O) groups is 1. The average Bonchev–Trinajstić information content (AvgIpc) is 2.73. The van der Waals surface area contributed by atoms with Crippen molar-refractivity contribution in [3.05, 3.63) is 108 Å². The van der Waals surface area contributed by atoms with E-state index < -0.39 is 5.41 Å². The van der Waals surface area contributed by atoms with Crippen LogP contribution in [0, 0.1) is 0 Å². The molecule has 3 rings (SSSR count). The maximum absolute atomic E-state index is 14.0. The van der Waals surface area contributed by atoms with Crippen molar-refractivity contribution in [2.45, 2.75) is 31.2 Å². The zero-order chi connectivity index (χ0) is 20.0. The van der Waals surface area contributed by atoms with Crippen molar-refractivity contribution >= 4 is 5.78 Å². The summed E-state index contributed by atoms with van der Waals surface area (Å²) in [4.78, 5) is 16.2. The summed E-state index contributed by atoms with van der Waals surface area (Å²) in [6.07, 6.45) is 1.16. The van der Waals surface area contributed by atoms with E-state index in [0.717, 1.165) is 23.1 Å². The van der Waals surface area contributed by atoms with Crippen LogP contribution in [0.25, 0.3) is 0 Å². The van der Waals surface area contributed by atoms with E-state index in [0.29, 0.717) is 6.42 Å². The van der Waals surface area contributed by atoms with Gasteiger partial charge in [0.15, 0.2) is 5.78 Å². The quantitative estimate of drug-likeness (QED) is 0.547. The first kappa shape index (κ1) is 20.0. The lowest BCUT2D eigenvalue weighted by Gasteiger charge is -2.38. The van der Waals surface area contributed by atoms with Crippen molar-refractivity contribution < 1.29 is 4.79 Å². The van der Waals surface area contributed by atoms with Gasteiger partial charge in [-0.3, -0.25) is 4.79 Å². The van der Waals surface area contributed by atoms with Crippen LogP contribution in [0.2, 0.25) is 0 Å². The van der Waals surface area contributed by atoms with Crippen LogP contribution in [-0.2, 0) is 16.6 Å². The number of hydrogen-bond donors (Lipinski definition) is 0. The Morgan fingerprint density at radius 1 is 0.786 bits per heavy atom. The second kappa shape index (κ2) is 8.99. The van der Waals surface area contributed by atoms with Gasteiger partial charge >= 0.3 is 0 Å². The summed E-state index contributed by atoms with van der Waals surface area (Å²) in [6, 6.07) is 30.8.